The van der Waals surface area contributed by atoms with Gasteiger partial charge in [0.15, 0.2) is 0 Å². The molecule has 1 atom stereocenters. The van der Waals surface area contributed by atoms with E-state index >= 15 is 0 Å². The normalized spacial score (nSPS) is 26.8. The van der Waals surface area contributed by atoms with Gasteiger partial charge in [0.25, 0.3) is 0 Å². The number of alkyl halides is 3. The molecule has 0 fully saturated rings. The van der Waals surface area contributed by atoms with E-state index in [0.717, 1.165) is 0 Å². The predicted octanol–water partition coefficient (Wildman–Crippen LogP) is 6.19. The van der Waals surface area contributed by atoms with Crippen molar-refractivity contribution in [2.45, 2.75) is 24.3 Å². The first-order chi connectivity index (χ1) is 8.18. The summed E-state index contributed by atoms with van der Waals surface area (Å²) in [4.78, 5) is 0.349. The summed E-state index contributed by atoms with van der Waals surface area (Å²) in [6.45, 7) is 3.43. The maximum atomic E-state index is 13.4. The van der Waals surface area contributed by atoms with Gasteiger partial charge in [0.2, 0.25) is 0 Å². The molecule has 1 aliphatic rings. The van der Waals surface area contributed by atoms with Crippen LogP contribution in [0.5, 0.6) is 0 Å². The molecule has 1 aromatic rings. The molecule has 18 heavy (non-hydrogen) atoms. The highest BCUT2D eigenvalue weighted by atomic mass is 35.7. The largest absolute Gasteiger partial charge is 0.445 e. The molecule has 1 unspecified atom stereocenters. The zero-order valence-electron chi connectivity index (χ0n) is 9.68. The summed E-state index contributed by atoms with van der Waals surface area (Å²) < 4.78 is 40.2. The molecule has 1 heterocycles. The highest BCUT2D eigenvalue weighted by molar-refractivity contribution is 8.54. The van der Waals surface area contributed by atoms with Gasteiger partial charge in [0, 0.05) is 9.92 Å². The van der Waals surface area contributed by atoms with Gasteiger partial charge in [0.1, 0.15) is 0 Å². The summed E-state index contributed by atoms with van der Waals surface area (Å²) in [5.41, 5.74) is -3.95. The van der Waals surface area contributed by atoms with E-state index < -0.39 is 14.7 Å². The topological polar surface area (TPSA) is 0 Å². The Morgan fingerprint density at radius 2 is 1.83 bits per heavy atom. The van der Waals surface area contributed by atoms with Gasteiger partial charge in [0.05, 0.1) is 0 Å². The van der Waals surface area contributed by atoms with E-state index in [1.54, 1.807) is 32.1 Å². The summed E-state index contributed by atoms with van der Waals surface area (Å²) in [7, 11) is 2.55. The van der Waals surface area contributed by atoms with E-state index in [4.69, 9.17) is 22.3 Å². The monoisotopic (exact) mass is 314 g/mol. The number of hydrogen-bond donors (Lipinski definition) is 0. The van der Waals surface area contributed by atoms with Crippen molar-refractivity contribution in [3.05, 3.63) is 33.7 Å². The Balaban J connectivity index is 2.70. The summed E-state index contributed by atoms with van der Waals surface area (Å²) >= 11 is 5.79. The zero-order chi connectivity index (χ0) is 13.7. The fraction of sp³-hybridized carbons (Fsp3) is 0.333. The highest BCUT2D eigenvalue weighted by Gasteiger charge is 2.56. The first kappa shape index (κ1) is 14.1. The Kier molecular flexibility index (Phi) is 3.41. The van der Waals surface area contributed by atoms with Crippen molar-refractivity contribution in [1.29, 1.82) is 0 Å². The molecule has 6 heteroatoms. The Labute approximate surface area is 115 Å². The van der Waals surface area contributed by atoms with Crippen LogP contribution in [0.2, 0.25) is 5.02 Å². The Morgan fingerprint density at radius 1 is 1.22 bits per heavy atom. The molecule has 0 saturated heterocycles. The van der Waals surface area contributed by atoms with Gasteiger partial charge in [-0.15, -0.1) is 0 Å². The van der Waals surface area contributed by atoms with E-state index in [9.17, 15) is 13.2 Å². The van der Waals surface area contributed by atoms with E-state index in [2.05, 4.69) is 0 Å². The van der Waals surface area contributed by atoms with Gasteiger partial charge in [-0.2, -0.15) is 13.2 Å². The van der Waals surface area contributed by atoms with Crippen molar-refractivity contribution < 1.29 is 13.2 Å². The average molecular weight is 315 g/mol. The molecule has 0 aromatic heterocycles. The molecular weight excluding hydrogens is 304 g/mol. The van der Waals surface area contributed by atoms with Gasteiger partial charge >= 0.3 is 5.51 Å². The van der Waals surface area contributed by atoms with Crippen molar-refractivity contribution in [3.8, 4) is 0 Å². The van der Waals surface area contributed by atoms with E-state index in [1.807, 2.05) is 0 Å². The summed E-state index contributed by atoms with van der Waals surface area (Å²) in [5, 5.41) is 0.272. The van der Waals surface area contributed by atoms with Crippen molar-refractivity contribution in [1.82, 2.24) is 0 Å². The van der Waals surface area contributed by atoms with Gasteiger partial charge < -0.3 is 0 Å². The van der Waals surface area contributed by atoms with E-state index in [-0.39, 0.29) is 20.7 Å². The number of rotatable bonds is 1. The second-order valence-electron chi connectivity index (χ2n) is 4.37. The molecule has 1 aliphatic heterocycles. The lowest BCUT2D eigenvalue weighted by atomic mass is 10.1. The summed E-state index contributed by atoms with van der Waals surface area (Å²) in [6, 6.07) is 4.49. The molecular formula is C12H11Cl2F3S. The first-order valence-corrected chi connectivity index (χ1v) is 8.12. The van der Waals surface area contributed by atoms with E-state index in [1.165, 1.54) is 6.07 Å². The summed E-state index contributed by atoms with van der Waals surface area (Å²) in [5.74, 6) is -0.259. The third kappa shape index (κ3) is 1.95. The van der Waals surface area contributed by atoms with Crippen LogP contribution in [0, 0.1) is 5.92 Å². The Hall–Kier alpha value is -0.320. The minimum absolute atomic E-state index is 0.105. The first-order valence-electron chi connectivity index (χ1n) is 5.28. The van der Waals surface area contributed by atoms with Crippen LogP contribution < -0.4 is 0 Å². The fourth-order valence-corrected chi connectivity index (χ4v) is 5.74. The summed E-state index contributed by atoms with van der Waals surface area (Å²) in [6.07, 6.45) is 1.55. The smallest absolute Gasteiger partial charge is 0.160 e. The maximum absolute atomic E-state index is 13.4. The van der Waals surface area contributed by atoms with Crippen LogP contribution in [0.3, 0.4) is 0 Å². The van der Waals surface area contributed by atoms with Crippen molar-refractivity contribution in [2.75, 3.05) is 0 Å². The van der Waals surface area contributed by atoms with Crippen LogP contribution in [0.4, 0.5) is 13.2 Å². The molecule has 0 nitrogen and oxygen atoms in total. The zero-order valence-corrected chi connectivity index (χ0v) is 12.0. The molecule has 0 spiro atoms. The lowest BCUT2D eigenvalue weighted by Crippen LogP contribution is -2.18. The van der Waals surface area contributed by atoms with Crippen LogP contribution in [0.1, 0.15) is 19.4 Å². The van der Waals surface area contributed by atoms with Crippen LogP contribution in [0.25, 0.3) is 6.08 Å². The minimum atomic E-state index is -4.47. The molecule has 0 aliphatic carbocycles. The van der Waals surface area contributed by atoms with Crippen LogP contribution >= 0.6 is 31.5 Å². The standard InChI is InChI=1S/C12H11Cl2F3S/c1-7(2)10-5-8-3-4-9(13)6-11(8)18(10,14)12(15,16)17/h3-7H,1-2H3. The second kappa shape index (κ2) is 4.36. The van der Waals surface area contributed by atoms with Crippen LogP contribution in [-0.4, -0.2) is 5.51 Å². The average Bonchev–Trinajstić information content (AvgIpc) is 2.53. The highest BCUT2D eigenvalue weighted by Crippen LogP contribution is 2.80. The number of halogens is 5. The SMILES string of the molecule is CC(C)C1=Cc2ccc(Cl)cc2S1(Cl)C(F)(F)F. The van der Waals surface area contributed by atoms with Gasteiger partial charge in [-0.3, -0.25) is 0 Å². The van der Waals surface area contributed by atoms with Gasteiger partial charge in [-0.05, 0) is 54.5 Å². The molecule has 0 saturated carbocycles. The Morgan fingerprint density at radius 3 is 2.33 bits per heavy atom. The van der Waals surface area contributed by atoms with Crippen molar-refractivity contribution in [3.63, 3.8) is 0 Å². The molecule has 0 amide bonds. The number of hydrogen-bond acceptors (Lipinski definition) is 0. The minimum Gasteiger partial charge on any atom is -0.160 e. The lowest BCUT2D eigenvalue weighted by molar-refractivity contribution is -0.0360. The Bertz CT molecular complexity index is 523. The van der Waals surface area contributed by atoms with Crippen LogP contribution in [-0.2, 0) is 0 Å². The maximum Gasteiger partial charge on any atom is 0.445 e. The molecule has 0 radical (unpaired) electrons. The molecule has 1 aromatic carbocycles. The second-order valence-corrected chi connectivity index (χ2v) is 8.64. The third-order valence-corrected chi connectivity index (χ3v) is 7.42. The number of allylic oxidation sites excluding steroid dienone is 1. The molecule has 0 N–H and O–H groups in total. The lowest BCUT2D eigenvalue weighted by Gasteiger charge is -2.36. The fourth-order valence-electron chi connectivity index (χ4n) is 1.98. The van der Waals surface area contributed by atoms with Gasteiger partial charge in [-0.25, -0.2) is 0 Å². The number of fused-ring (bicyclic) bond motifs is 1. The molecule has 0 bridgehead atoms. The van der Waals surface area contributed by atoms with Gasteiger partial charge in [-0.1, -0.05) is 31.5 Å². The predicted molar refractivity (Wildman–Crippen MR) is 72.0 cm³/mol. The third-order valence-electron chi connectivity index (χ3n) is 2.79. The van der Waals surface area contributed by atoms with E-state index in [0.29, 0.717) is 5.56 Å². The van der Waals surface area contributed by atoms with Crippen molar-refractivity contribution >= 4 is 37.6 Å². The van der Waals surface area contributed by atoms with Crippen molar-refractivity contribution in [2.24, 2.45) is 5.92 Å². The molecule has 100 valence electrons. The van der Waals surface area contributed by atoms with Crippen LogP contribution in [0.15, 0.2) is 28.0 Å². The molecule has 2 rings (SSSR count). The number of benzene rings is 1. The quantitative estimate of drug-likeness (QED) is 0.580.